The smallest absolute Gasteiger partial charge is 0.337 e. The monoisotopic (exact) mass is 413 g/mol. The maximum Gasteiger partial charge on any atom is 0.337 e. The predicted octanol–water partition coefficient (Wildman–Crippen LogP) is 4.10. The zero-order chi connectivity index (χ0) is 20.4. The van der Waals surface area contributed by atoms with E-state index in [1.165, 1.54) is 0 Å². The SMILES string of the molecule is O=C(O)c1cc(N2CCN(c3ccccc3Cl)CC2)ccc1NC(=O)C1CCC1. The largest absolute Gasteiger partial charge is 0.478 e. The summed E-state index contributed by atoms with van der Waals surface area (Å²) in [5.74, 6) is -1.11. The predicted molar refractivity (Wildman–Crippen MR) is 115 cm³/mol. The first kappa shape index (κ1) is 19.6. The molecule has 2 aliphatic rings. The van der Waals surface area contributed by atoms with Gasteiger partial charge in [0.2, 0.25) is 5.91 Å². The summed E-state index contributed by atoms with van der Waals surface area (Å²) in [6, 6.07) is 13.0. The van der Waals surface area contributed by atoms with E-state index in [9.17, 15) is 14.7 Å². The van der Waals surface area contributed by atoms with Gasteiger partial charge < -0.3 is 20.2 Å². The van der Waals surface area contributed by atoms with Crippen LogP contribution in [0, 0.1) is 5.92 Å². The van der Waals surface area contributed by atoms with Crippen molar-refractivity contribution in [2.45, 2.75) is 19.3 Å². The summed E-state index contributed by atoms with van der Waals surface area (Å²) in [6.07, 6.45) is 2.81. The summed E-state index contributed by atoms with van der Waals surface area (Å²) in [5.41, 5.74) is 2.37. The van der Waals surface area contributed by atoms with E-state index in [1.807, 2.05) is 30.3 Å². The van der Waals surface area contributed by atoms with Gasteiger partial charge in [0.25, 0.3) is 0 Å². The highest BCUT2D eigenvalue weighted by molar-refractivity contribution is 6.33. The van der Waals surface area contributed by atoms with E-state index in [0.717, 1.165) is 61.8 Å². The second-order valence-corrected chi connectivity index (χ2v) is 7.98. The molecule has 1 aliphatic carbocycles. The summed E-state index contributed by atoms with van der Waals surface area (Å²) in [7, 11) is 0. The molecule has 0 unspecified atom stereocenters. The van der Waals surface area contributed by atoms with Gasteiger partial charge in [-0.15, -0.1) is 0 Å². The Kier molecular flexibility index (Phi) is 5.62. The Morgan fingerprint density at radius 1 is 1.00 bits per heavy atom. The van der Waals surface area contributed by atoms with Crippen molar-refractivity contribution >= 4 is 40.5 Å². The van der Waals surface area contributed by atoms with Gasteiger partial charge in [-0.25, -0.2) is 4.79 Å². The van der Waals surface area contributed by atoms with E-state index in [1.54, 1.807) is 12.1 Å². The number of piperazine rings is 1. The molecule has 0 aromatic heterocycles. The number of carbonyl (C=O) groups excluding carboxylic acids is 1. The van der Waals surface area contributed by atoms with Crippen LogP contribution >= 0.6 is 11.6 Å². The Morgan fingerprint density at radius 2 is 1.69 bits per heavy atom. The molecule has 0 atom stereocenters. The fourth-order valence-electron chi connectivity index (χ4n) is 3.83. The number of amides is 1. The molecule has 0 spiro atoms. The lowest BCUT2D eigenvalue weighted by Crippen LogP contribution is -2.46. The summed E-state index contributed by atoms with van der Waals surface area (Å²) >= 11 is 6.31. The first-order valence-corrected chi connectivity index (χ1v) is 10.3. The molecule has 29 heavy (non-hydrogen) atoms. The molecular weight excluding hydrogens is 390 g/mol. The zero-order valence-corrected chi connectivity index (χ0v) is 16.9. The van der Waals surface area contributed by atoms with Gasteiger partial charge in [-0.3, -0.25) is 4.79 Å². The molecule has 1 heterocycles. The topological polar surface area (TPSA) is 72.9 Å². The van der Waals surface area contributed by atoms with Crippen molar-refractivity contribution in [3.63, 3.8) is 0 Å². The van der Waals surface area contributed by atoms with Crippen LogP contribution in [-0.2, 0) is 4.79 Å². The van der Waals surface area contributed by atoms with Crippen molar-refractivity contribution in [1.82, 2.24) is 0 Å². The maximum atomic E-state index is 12.2. The van der Waals surface area contributed by atoms with Crippen molar-refractivity contribution in [1.29, 1.82) is 0 Å². The number of benzene rings is 2. The molecule has 2 aromatic rings. The van der Waals surface area contributed by atoms with Crippen LogP contribution in [0.25, 0.3) is 0 Å². The van der Waals surface area contributed by atoms with Gasteiger partial charge >= 0.3 is 5.97 Å². The van der Waals surface area contributed by atoms with Crippen LogP contribution in [0.3, 0.4) is 0 Å². The van der Waals surface area contributed by atoms with Crippen molar-refractivity contribution in [2.75, 3.05) is 41.3 Å². The van der Waals surface area contributed by atoms with Crippen LogP contribution < -0.4 is 15.1 Å². The normalized spacial score (nSPS) is 17.0. The van der Waals surface area contributed by atoms with Crippen molar-refractivity contribution in [2.24, 2.45) is 5.92 Å². The average molecular weight is 414 g/mol. The Labute approximate surface area is 175 Å². The van der Waals surface area contributed by atoms with Crippen molar-refractivity contribution in [3.8, 4) is 0 Å². The average Bonchev–Trinajstić information content (AvgIpc) is 2.67. The van der Waals surface area contributed by atoms with E-state index in [0.29, 0.717) is 5.69 Å². The van der Waals surface area contributed by atoms with E-state index in [2.05, 4.69) is 15.1 Å². The van der Waals surface area contributed by atoms with Crippen LogP contribution in [0.2, 0.25) is 5.02 Å². The molecule has 6 nitrogen and oxygen atoms in total. The maximum absolute atomic E-state index is 12.2. The van der Waals surface area contributed by atoms with Gasteiger partial charge in [-0.05, 0) is 43.2 Å². The highest BCUT2D eigenvalue weighted by Gasteiger charge is 2.27. The number of aromatic carboxylic acids is 1. The number of hydrogen-bond donors (Lipinski definition) is 2. The van der Waals surface area contributed by atoms with Crippen LogP contribution in [0.1, 0.15) is 29.6 Å². The fraction of sp³-hybridized carbons (Fsp3) is 0.364. The molecule has 7 heteroatoms. The van der Waals surface area contributed by atoms with Crippen LogP contribution in [0.5, 0.6) is 0 Å². The molecule has 4 rings (SSSR count). The van der Waals surface area contributed by atoms with Gasteiger partial charge in [0.15, 0.2) is 0 Å². The minimum Gasteiger partial charge on any atom is -0.478 e. The van der Waals surface area contributed by atoms with Crippen LogP contribution in [0.15, 0.2) is 42.5 Å². The van der Waals surface area contributed by atoms with Gasteiger partial charge in [0, 0.05) is 37.8 Å². The number of carboxylic acid groups (broad SMARTS) is 1. The number of carboxylic acids is 1. The Hall–Kier alpha value is -2.73. The minimum absolute atomic E-state index is 0.00853. The number of nitrogens with zero attached hydrogens (tertiary/aromatic N) is 2. The second kappa shape index (κ2) is 8.33. The molecule has 2 N–H and O–H groups in total. The molecule has 1 saturated carbocycles. The summed E-state index contributed by atoms with van der Waals surface area (Å²) in [5, 5.41) is 13.2. The Bertz CT molecular complexity index is 921. The van der Waals surface area contributed by atoms with Gasteiger partial charge in [-0.1, -0.05) is 30.2 Å². The molecule has 2 fully saturated rings. The minimum atomic E-state index is -1.04. The first-order valence-electron chi connectivity index (χ1n) is 9.95. The molecule has 0 bridgehead atoms. The van der Waals surface area contributed by atoms with Gasteiger partial charge in [0.05, 0.1) is 22.0 Å². The molecule has 0 radical (unpaired) electrons. The Balaban J connectivity index is 1.46. The van der Waals surface area contributed by atoms with Gasteiger partial charge in [0.1, 0.15) is 0 Å². The third-order valence-electron chi connectivity index (χ3n) is 5.81. The highest BCUT2D eigenvalue weighted by Crippen LogP contribution is 2.31. The van der Waals surface area contributed by atoms with Crippen LogP contribution in [-0.4, -0.2) is 43.2 Å². The number of para-hydroxylation sites is 1. The Morgan fingerprint density at radius 3 is 2.31 bits per heavy atom. The summed E-state index contributed by atoms with van der Waals surface area (Å²) in [6.45, 7) is 3.12. The second-order valence-electron chi connectivity index (χ2n) is 7.58. The number of halogens is 1. The van der Waals surface area contributed by atoms with Crippen molar-refractivity contribution < 1.29 is 14.7 Å². The molecule has 152 valence electrons. The zero-order valence-electron chi connectivity index (χ0n) is 16.1. The lowest BCUT2D eigenvalue weighted by atomic mass is 9.85. The van der Waals surface area contributed by atoms with Crippen LogP contribution in [0.4, 0.5) is 17.1 Å². The molecule has 1 amide bonds. The molecule has 1 saturated heterocycles. The number of nitrogens with one attached hydrogen (secondary N) is 1. The lowest BCUT2D eigenvalue weighted by molar-refractivity contribution is -0.122. The van der Waals surface area contributed by atoms with E-state index >= 15 is 0 Å². The van der Waals surface area contributed by atoms with Crippen molar-refractivity contribution in [3.05, 3.63) is 53.1 Å². The number of carbonyl (C=O) groups is 2. The number of rotatable bonds is 5. The van der Waals surface area contributed by atoms with E-state index in [4.69, 9.17) is 11.6 Å². The van der Waals surface area contributed by atoms with E-state index < -0.39 is 5.97 Å². The summed E-state index contributed by atoms with van der Waals surface area (Å²) in [4.78, 5) is 28.4. The standard InChI is InChI=1S/C22H24ClN3O3/c23-18-6-1-2-7-20(18)26-12-10-25(11-13-26)16-8-9-19(17(14-16)22(28)29)24-21(27)15-4-3-5-15/h1-2,6-9,14-15H,3-5,10-13H2,(H,24,27)(H,28,29). The third kappa shape index (κ3) is 4.17. The quantitative estimate of drug-likeness (QED) is 0.771. The van der Waals surface area contributed by atoms with E-state index in [-0.39, 0.29) is 17.4 Å². The number of anilines is 3. The molecule has 1 aliphatic heterocycles. The first-order chi connectivity index (χ1) is 14.0. The lowest BCUT2D eigenvalue weighted by Gasteiger charge is -2.38. The highest BCUT2D eigenvalue weighted by atomic mass is 35.5. The third-order valence-corrected chi connectivity index (χ3v) is 6.12. The molecular formula is C22H24ClN3O3. The summed E-state index contributed by atoms with van der Waals surface area (Å²) < 4.78 is 0. The fourth-order valence-corrected chi connectivity index (χ4v) is 4.09. The van der Waals surface area contributed by atoms with Gasteiger partial charge in [-0.2, -0.15) is 0 Å². The number of hydrogen-bond acceptors (Lipinski definition) is 4. The molecule has 2 aromatic carbocycles.